The van der Waals surface area contributed by atoms with Crippen LogP contribution in [0.25, 0.3) is 0 Å². The lowest BCUT2D eigenvalue weighted by atomic mass is 9.92. The second kappa shape index (κ2) is 6.74. The fraction of sp³-hybridized carbons (Fsp3) is 0.750. The molecule has 2 heterocycles. The molecule has 24 heavy (non-hydrogen) atoms. The van der Waals surface area contributed by atoms with E-state index in [4.69, 9.17) is 0 Å². The molecule has 1 aromatic rings. The van der Waals surface area contributed by atoms with Gasteiger partial charge in [-0.15, -0.1) is 0 Å². The van der Waals surface area contributed by atoms with E-state index < -0.39 is 17.7 Å². The van der Waals surface area contributed by atoms with Gasteiger partial charge in [0, 0.05) is 31.7 Å². The van der Waals surface area contributed by atoms with Crippen LogP contribution in [0.2, 0.25) is 0 Å². The van der Waals surface area contributed by atoms with E-state index in [1.54, 1.807) is 0 Å². The third-order valence-electron chi connectivity index (χ3n) is 4.38. The minimum atomic E-state index is -4.98. The molecule has 0 spiro atoms. The number of carbonyl (C=O) groups is 1. The molecule has 5 nitrogen and oxygen atoms in total. The number of hydrogen-bond acceptors (Lipinski definition) is 3. The first-order valence-electron chi connectivity index (χ1n) is 8.14. The van der Waals surface area contributed by atoms with Gasteiger partial charge < -0.3 is 10.0 Å². The predicted molar refractivity (Wildman–Crippen MR) is 82.3 cm³/mol. The molecule has 0 bridgehead atoms. The molecule has 0 aliphatic carbocycles. The van der Waals surface area contributed by atoms with E-state index in [1.165, 1.54) is 0 Å². The second-order valence-electron chi connectivity index (χ2n) is 6.99. The molecule has 1 atom stereocenters. The van der Waals surface area contributed by atoms with Crippen molar-refractivity contribution in [1.29, 1.82) is 0 Å². The highest BCUT2D eigenvalue weighted by Gasteiger charge is 2.57. The van der Waals surface area contributed by atoms with Gasteiger partial charge in [0.1, 0.15) is 0 Å². The Hall–Kier alpha value is -1.57. The molecule has 0 aromatic carbocycles. The molecule has 1 amide bonds. The average Bonchev–Trinajstić information content (AvgIpc) is 2.93. The van der Waals surface area contributed by atoms with Crippen molar-refractivity contribution in [3.05, 3.63) is 18.0 Å². The maximum Gasteiger partial charge on any atom is 0.426 e. The summed E-state index contributed by atoms with van der Waals surface area (Å²) in [5.74, 6) is -0.682. The summed E-state index contributed by atoms with van der Waals surface area (Å²) in [4.78, 5) is 13.1. The number of amides is 1. The average molecular weight is 347 g/mol. The Bertz CT molecular complexity index is 573. The number of halogens is 3. The molecule has 1 aliphatic rings. The lowest BCUT2D eigenvalue weighted by Crippen LogP contribution is -2.57. The molecule has 1 N–H and O–H groups in total. The topological polar surface area (TPSA) is 58.4 Å². The number of aromatic nitrogens is 2. The van der Waals surface area contributed by atoms with Gasteiger partial charge in [-0.3, -0.25) is 9.48 Å². The summed E-state index contributed by atoms with van der Waals surface area (Å²) >= 11 is 0. The van der Waals surface area contributed by atoms with Crippen molar-refractivity contribution in [2.45, 2.75) is 57.9 Å². The van der Waals surface area contributed by atoms with Gasteiger partial charge >= 0.3 is 6.18 Å². The molecule has 1 aliphatic heterocycles. The van der Waals surface area contributed by atoms with Crippen molar-refractivity contribution in [3.63, 3.8) is 0 Å². The van der Waals surface area contributed by atoms with Gasteiger partial charge in [-0.05, 0) is 31.7 Å². The van der Waals surface area contributed by atoms with E-state index in [1.807, 2.05) is 16.9 Å². The highest BCUT2D eigenvalue weighted by atomic mass is 19.4. The van der Waals surface area contributed by atoms with Gasteiger partial charge in [0.25, 0.3) is 5.91 Å². The molecule has 2 rings (SSSR count). The largest absolute Gasteiger partial charge is 0.426 e. The standard InChI is InChI=1S/C16H24F3N3O2/c1-11(2)10-22-9-6-13(20-22)12-4-7-21(8-5-12)14(23)15(3,24)16(17,18)19/h6,9,11-12,24H,4-5,7-8,10H2,1-3H3. The zero-order chi connectivity index (χ0) is 18.1. The Morgan fingerprint density at radius 1 is 1.38 bits per heavy atom. The highest BCUT2D eigenvalue weighted by molar-refractivity contribution is 5.85. The number of aliphatic hydroxyl groups is 1. The number of hydrogen-bond donors (Lipinski definition) is 1. The number of likely N-dealkylation sites (tertiary alicyclic amines) is 1. The fourth-order valence-electron chi connectivity index (χ4n) is 2.88. The van der Waals surface area contributed by atoms with Gasteiger partial charge in [0.15, 0.2) is 0 Å². The third-order valence-corrected chi connectivity index (χ3v) is 4.38. The van der Waals surface area contributed by atoms with E-state index in [0.717, 1.165) is 17.1 Å². The molecule has 136 valence electrons. The van der Waals surface area contributed by atoms with Crippen molar-refractivity contribution in [2.24, 2.45) is 5.92 Å². The Morgan fingerprint density at radius 3 is 2.46 bits per heavy atom. The molecule has 0 saturated carbocycles. The van der Waals surface area contributed by atoms with Gasteiger partial charge in [-0.25, -0.2) is 0 Å². The van der Waals surface area contributed by atoms with Crippen LogP contribution in [0.4, 0.5) is 13.2 Å². The van der Waals surface area contributed by atoms with Gasteiger partial charge in [-0.2, -0.15) is 18.3 Å². The van der Waals surface area contributed by atoms with E-state index >= 15 is 0 Å². The number of alkyl halides is 3. The highest BCUT2D eigenvalue weighted by Crippen LogP contribution is 2.34. The first kappa shape index (κ1) is 18.8. The van der Waals surface area contributed by atoms with Crippen LogP contribution in [0.15, 0.2) is 12.3 Å². The van der Waals surface area contributed by atoms with Gasteiger partial charge in [0.05, 0.1) is 5.69 Å². The number of piperidine rings is 1. The van der Waals surface area contributed by atoms with Crippen molar-refractivity contribution >= 4 is 5.91 Å². The van der Waals surface area contributed by atoms with E-state index in [-0.39, 0.29) is 19.0 Å². The summed E-state index contributed by atoms with van der Waals surface area (Å²) < 4.78 is 40.2. The lowest BCUT2D eigenvalue weighted by Gasteiger charge is -2.36. The van der Waals surface area contributed by atoms with Crippen LogP contribution >= 0.6 is 0 Å². The van der Waals surface area contributed by atoms with E-state index in [2.05, 4.69) is 18.9 Å². The molecular formula is C16H24F3N3O2. The number of nitrogens with zero attached hydrogens (tertiary/aromatic N) is 3. The zero-order valence-electron chi connectivity index (χ0n) is 14.2. The lowest BCUT2D eigenvalue weighted by molar-refractivity contribution is -0.250. The van der Waals surface area contributed by atoms with Crippen LogP contribution in [-0.2, 0) is 11.3 Å². The van der Waals surface area contributed by atoms with Crippen molar-refractivity contribution in [3.8, 4) is 0 Å². The normalized spacial score (nSPS) is 19.6. The summed E-state index contributed by atoms with van der Waals surface area (Å²) in [6.45, 7) is 5.89. The maximum absolute atomic E-state index is 12.8. The Labute approximate surface area is 139 Å². The fourth-order valence-corrected chi connectivity index (χ4v) is 2.88. The van der Waals surface area contributed by atoms with Crippen molar-refractivity contribution in [2.75, 3.05) is 13.1 Å². The van der Waals surface area contributed by atoms with Gasteiger partial charge in [0.2, 0.25) is 5.60 Å². The minimum absolute atomic E-state index is 0.123. The monoisotopic (exact) mass is 347 g/mol. The molecule has 1 fully saturated rings. The van der Waals surface area contributed by atoms with Crippen LogP contribution < -0.4 is 0 Å². The summed E-state index contributed by atoms with van der Waals surface area (Å²) in [6, 6.07) is 1.93. The summed E-state index contributed by atoms with van der Waals surface area (Å²) in [7, 11) is 0. The first-order valence-corrected chi connectivity index (χ1v) is 8.14. The van der Waals surface area contributed by atoms with E-state index in [0.29, 0.717) is 25.7 Å². The number of carbonyl (C=O) groups excluding carboxylic acids is 1. The molecule has 8 heteroatoms. The molecular weight excluding hydrogens is 323 g/mol. The molecule has 1 aromatic heterocycles. The SMILES string of the molecule is CC(C)Cn1ccc(C2CCN(C(=O)C(C)(O)C(F)(F)F)CC2)n1. The molecule has 1 unspecified atom stereocenters. The maximum atomic E-state index is 12.8. The van der Waals surface area contributed by atoms with Crippen molar-refractivity contribution in [1.82, 2.24) is 14.7 Å². The minimum Gasteiger partial charge on any atom is -0.373 e. The summed E-state index contributed by atoms with van der Waals surface area (Å²) in [5.41, 5.74) is -2.43. The Balaban J connectivity index is 1.96. The van der Waals surface area contributed by atoms with Crippen LogP contribution in [0.1, 0.15) is 45.2 Å². The van der Waals surface area contributed by atoms with Crippen molar-refractivity contribution < 1.29 is 23.1 Å². The van der Waals surface area contributed by atoms with Crippen LogP contribution in [0.5, 0.6) is 0 Å². The first-order chi connectivity index (χ1) is 11.0. The zero-order valence-corrected chi connectivity index (χ0v) is 14.2. The quantitative estimate of drug-likeness (QED) is 0.911. The Kier molecular flexibility index (Phi) is 5.27. The van der Waals surface area contributed by atoms with Crippen LogP contribution in [-0.4, -0.2) is 50.6 Å². The Morgan fingerprint density at radius 2 is 1.96 bits per heavy atom. The predicted octanol–water partition coefficient (Wildman–Crippen LogP) is 2.56. The van der Waals surface area contributed by atoms with Gasteiger partial charge in [-0.1, -0.05) is 13.8 Å². The second-order valence-corrected chi connectivity index (χ2v) is 6.99. The smallest absolute Gasteiger partial charge is 0.373 e. The molecule has 1 saturated heterocycles. The van der Waals surface area contributed by atoms with E-state index in [9.17, 15) is 23.1 Å². The van der Waals surface area contributed by atoms with Crippen LogP contribution in [0.3, 0.4) is 0 Å². The molecule has 0 radical (unpaired) electrons. The van der Waals surface area contributed by atoms with Crippen LogP contribution in [0, 0.1) is 5.92 Å². The number of rotatable bonds is 4. The third kappa shape index (κ3) is 3.91. The summed E-state index contributed by atoms with van der Waals surface area (Å²) in [6.07, 6.45) is -1.99. The summed E-state index contributed by atoms with van der Waals surface area (Å²) in [5, 5.41) is 14.0.